The van der Waals surface area contributed by atoms with Crippen LogP contribution in [0.15, 0.2) is 58.1 Å². The SMILES string of the molecule is COc1ccc(N=Cc2ccc(-c3ccc(C)c(C(=O)O)c3)o2)cn1. The number of benzene rings is 1. The van der Waals surface area contributed by atoms with E-state index in [0.717, 1.165) is 0 Å². The lowest BCUT2D eigenvalue weighted by atomic mass is 10.0. The normalized spacial score (nSPS) is 11.0. The molecule has 0 radical (unpaired) electrons. The van der Waals surface area contributed by atoms with Gasteiger partial charge in [0.25, 0.3) is 0 Å². The summed E-state index contributed by atoms with van der Waals surface area (Å²) < 4.78 is 10.7. The number of pyridine rings is 1. The molecular formula is C19H16N2O4. The number of nitrogens with zero attached hydrogens (tertiary/aromatic N) is 2. The Morgan fingerprint density at radius 3 is 2.76 bits per heavy atom. The summed E-state index contributed by atoms with van der Waals surface area (Å²) in [6.07, 6.45) is 3.18. The van der Waals surface area contributed by atoms with E-state index in [9.17, 15) is 9.90 Å². The third-order valence-electron chi connectivity index (χ3n) is 3.65. The number of aryl methyl sites for hydroxylation is 1. The smallest absolute Gasteiger partial charge is 0.335 e. The number of carboxylic acid groups (broad SMARTS) is 1. The van der Waals surface area contributed by atoms with Crippen molar-refractivity contribution in [1.29, 1.82) is 0 Å². The van der Waals surface area contributed by atoms with Gasteiger partial charge in [0.2, 0.25) is 5.88 Å². The number of hydrogen-bond acceptors (Lipinski definition) is 5. The van der Waals surface area contributed by atoms with Gasteiger partial charge in [-0.2, -0.15) is 0 Å². The zero-order chi connectivity index (χ0) is 17.8. The highest BCUT2D eigenvalue weighted by Crippen LogP contribution is 2.24. The summed E-state index contributed by atoms with van der Waals surface area (Å²) in [5, 5.41) is 9.22. The Balaban J connectivity index is 1.81. The van der Waals surface area contributed by atoms with Crippen molar-refractivity contribution in [2.24, 2.45) is 4.99 Å². The summed E-state index contributed by atoms with van der Waals surface area (Å²) in [6.45, 7) is 1.76. The zero-order valence-corrected chi connectivity index (χ0v) is 13.8. The molecule has 1 N–H and O–H groups in total. The summed E-state index contributed by atoms with van der Waals surface area (Å²) in [5.41, 5.74) is 2.33. The van der Waals surface area contributed by atoms with E-state index < -0.39 is 5.97 Å². The van der Waals surface area contributed by atoms with Crippen LogP contribution in [0.2, 0.25) is 0 Å². The number of aromatic carboxylic acids is 1. The molecule has 0 aliphatic carbocycles. The van der Waals surface area contributed by atoms with Gasteiger partial charge in [-0.05, 0) is 36.8 Å². The van der Waals surface area contributed by atoms with Gasteiger partial charge in [0.05, 0.1) is 30.8 Å². The first-order chi connectivity index (χ1) is 12.1. The van der Waals surface area contributed by atoms with Crippen LogP contribution in [0, 0.1) is 6.92 Å². The van der Waals surface area contributed by atoms with Gasteiger partial charge in [-0.25, -0.2) is 9.78 Å². The van der Waals surface area contributed by atoms with Gasteiger partial charge in [-0.1, -0.05) is 12.1 Å². The van der Waals surface area contributed by atoms with E-state index in [0.29, 0.717) is 34.2 Å². The van der Waals surface area contributed by atoms with Crippen LogP contribution in [0.4, 0.5) is 5.69 Å². The van der Waals surface area contributed by atoms with Crippen LogP contribution in [-0.4, -0.2) is 29.4 Å². The van der Waals surface area contributed by atoms with Crippen LogP contribution in [0.1, 0.15) is 21.7 Å². The maximum Gasteiger partial charge on any atom is 0.335 e. The standard InChI is InChI=1S/C19H16N2O4/c1-12-3-4-13(9-16(12)19(22)23)17-7-6-15(25-17)11-20-14-5-8-18(24-2)21-10-14/h3-11H,1-2H3,(H,22,23). The Bertz CT molecular complexity index is 927. The van der Waals surface area contributed by atoms with Crippen molar-refractivity contribution in [2.75, 3.05) is 7.11 Å². The van der Waals surface area contributed by atoms with E-state index in [2.05, 4.69) is 9.98 Å². The first kappa shape index (κ1) is 16.4. The molecule has 0 fully saturated rings. The second kappa shape index (κ2) is 7.00. The predicted octanol–water partition coefficient (Wildman–Crippen LogP) is 4.11. The molecule has 0 amide bonds. The van der Waals surface area contributed by atoms with E-state index in [1.807, 2.05) is 6.07 Å². The zero-order valence-electron chi connectivity index (χ0n) is 13.8. The van der Waals surface area contributed by atoms with E-state index in [-0.39, 0.29) is 5.56 Å². The molecule has 0 aliphatic heterocycles. The molecule has 0 saturated heterocycles. The van der Waals surface area contributed by atoms with Gasteiger partial charge in [-0.15, -0.1) is 0 Å². The van der Waals surface area contributed by atoms with Gasteiger partial charge in [0.1, 0.15) is 11.5 Å². The van der Waals surface area contributed by atoms with Gasteiger partial charge < -0.3 is 14.3 Å². The topological polar surface area (TPSA) is 84.9 Å². The molecule has 0 atom stereocenters. The van der Waals surface area contributed by atoms with E-state index in [4.69, 9.17) is 9.15 Å². The average molecular weight is 336 g/mol. The molecule has 0 spiro atoms. The van der Waals surface area contributed by atoms with Crippen molar-refractivity contribution in [3.63, 3.8) is 0 Å². The number of aliphatic imine (C=N–C) groups is 1. The second-order valence-corrected chi connectivity index (χ2v) is 5.35. The van der Waals surface area contributed by atoms with Gasteiger partial charge in [0.15, 0.2) is 0 Å². The molecule has 1 aromatic carbocycles. The molecule has 3 aromatic rings. The number of furan rings is 1. The molecule has 25 heavy (non-hydrogen) atoms. The summed E-state index contributed by atoms with van der Waals surface area (Å²) in [7, 11) is 1.55. The summed E-state index contributed by atoms with van der Waals surface area (Å²) >= 11 is 0. The van der Waals surface area contributed by atoms with Crippen molar-refractivity contribution in [3.8, 4) is 17.2 Å². The Labute approximate surface area is 144 Å². The third kappa shape index (κ3) is 3.74. The lowest BCUT2D eigenvalue weighted by Gasteiger charge is -2.03. The number of hydrogen-bond donors (Lipinski definition) is 1. The minimum Gasteiger partial charge on any atom is -0.481 e. The van der Waals surface area contributed by atoms with Gasteiger partial charge >= 0.3 is 5.97 Å². The van der Waals surface area contributed by atoms with Crippen molar-refractivity contribution < 1.29 is 19.1 Å². The number of carboxylic acids is 1. The van der Waals surface area contributed by atoms with E-state index in [1.54, 1.807) is 62.8 Å². The summed E-state index contributed by atoms with van der Waals surface area (Å²) in [6, 6.07) is 12.3. The summed E-state index contributed by atoms with van der Waals surface area (Å²) in [4.78, 5) is 19.6. The minimum absolute atomic E-state index is 0.258. The first-order valence-corrected chi connectivity index (χ1v) is 7.55. The van der Waals surface area contributed by atoms with Crippen molar-refractivity contribution >= 4 is 17.9 Å². The Morgan fingerprint density at radius 2 is 2.08 bits per heavy atom. The first-order valence-electron chi connectivity index (χ1n) is 7.55. The largest absolute Gasteiger partial charge is 0.481 e. The van der Waals surface area contributed by atoms with Crippen LogP contribution >= 0.6 is 0 Å². The van der Waals surface area contributed by atoms with Gasteiger partial charge in [0, 0.05) is 11.6 Å². The quantitative estimate of drug-likeness (QED) is 0.709. The molecule has 0 aliphatic rings. The van der Waals surface area contributed by atoms with Gasteiger partial charge in [-0.3, -0.25) is 4.99 Å². The molecule has 2 heterocycles. The Morgan fingerprint density at radius 1 is 1.24 bits per heavy atom. The fourth-order valence-electron chi connectivity index (χ4n) is 2.29. The number of carbonyl (C=O) groups is 1. The lowest BCUT2D eigenvalue weighted by molar-refractivity contribution is 0.0696. The molecule has 0 unspecified atom stereocenters. The number of ether oxygens (including phenoxy) is 1. The van der Waals surface area contributed by atoms with Crippen molar-refractivity contribution in [3.05, 3.63) is 65.5 Å². The predicted molar refractivity (Wildman–Crippen MR) is 93.9 cm³/mol. The van der Waals surface area contributed by atoms with Crippen molar-refractivity contribution in [1.82, 2.24) is 4.98 Å². The number of rotatable bonds is 5. The van der Waals surface area contributed by atoms with Crippen LogP contribution in [-0.2, 0) is 0 Å². The molecule has 6 nitrogen and oxygen atoms in total. The van der Waals surface area contributed by atoms with Crippen molar-refractivity contribution in [2.45, 2.75) is 6.92 Å². The lowest BCUT2D eigenvalue weighted by Crippen LogP contribution is -1.99. The monoisotopic (exact) mass is 336 g/mol. The Kier molecular flexibility index (Phi) is 4.61. The maximum absolute atomic E-state index is 11.2. The maximum atomic E-state index is 11.2. The molecule has 3 rings (SSSR count). The van der Waals surface area contributed by atoms with Crippen LogP contribution in [0.3, 0.4) is 0 Å². The number of aromatic nitrogens is 1. The van der Waals surface area contributed by atoms with E-state index >= 15 is 0 Å². The highest BCUT2D eigenvalue weighted by Gasteiger charge is 2.11. The summed E-state index contributed by atoms with van der Waals surface area (Å²) in [5.74, 6) is 0.701. The molecule has 2 aromatic heterocycles. The fourth-order valence-corrected chi connectivity index (χ4v) is 2.29. The molecule has 6 heteroatoms. The minimum atomic E-state index is -0.959. The molecule has 0 bridgehead atoms. The highest BCUT2D eigenvalue weighted by atomic mass is 16.5. The molecular weight excluding hydrogens is 320 g/mol. The molecule has 0 saturated carbocycles. The average Bonchev–Trinajstić information content (AvgIpc) is 3.09. The van der Waals surface area contributed by atoms with E-state index in [1.165, 1.54) is 0 Å². The third-order valence-corrected chi connectivity index (χ3v) is 3.65. The van der Waals surface area contributed by atoms with Crippen LogP contribution in [0.5, 0.6) is 5.88 Å². The van der Waals surface area contributed by atoms with Crippen LogP contribution < -0.4 is 4.74 Å². The number of methoxy groups -OCH3 is 1. The molecule has 126 valence electrons. The Hall–Kier alpha value is -3.41. The second-order valence-electron chi connectivity index (χ2n) is 5.35. The highest BCUT2D eigenvalue weighted by molar-refractivity contribution is 5.91. The van der Waals surface area contributed by atoms with Crippen LogP contribution in [0.25, 0.3) is 11.3 Å². The fraction of sp³-hybridized carbons (Fsp3) is 0.105.